The fourth-order valence-corrected chi connectivity index (χ4v) is 2.25. The Kier molecular flexibility index (Phi) is 13.2. The first-order chi connectivity index (χ1) is 6.91. The molecule has 0 spiro atoms. The zero-order valence-corrected chi connectivity index (χ0v) is 10.2. The molecule has 1 heterocycles. The minimum Gasteiger partial charge on any atom is -0.379 e. The maximum Gasteiger partial charge on any atom is 0.0591 e. The van der Waals surface area contributed by atoms with E-state index in [-0.39, 0.29) is 0 Å². The molecule has 4 heteroatoms. The monoisotopic (exact) mass is 233 g/mol. The van der Waals surface area contributed by atoms with Gasteiger partial charge in [0.1, 0.15) is 0 Å². The van der Waals surface area contributed by atoms with Gasteiger partial charge in [-0.2, -0.15) is 0 Å². The van der Waals surface area contributed by atoms with Gasteiger partial charge in [-0.15, -0.1) is 13.2 Å². The summed E-state index contributed by atoms with van der Waals surface area (Å²) in [5.41, 5.74) is 0. The molecule has 0 amide bonds. The second-order valence-electron chi connectivity index (χ2n) is 2.51. The maximum absolute atomic E-state index is 5.01. The summed E-state index contributed by atoms with van der Waals surface area (Å²) in [6, 6.07) is 0. The van der Waals surface area contributed by atoms with Gasteiger partial charge in [0.25, 0.3) is 0 Å². The molecule has 0 unspecified atom stereocenters. The average molecular weight is 233 g/mol. The summed E-state index contributed by atoms with van der Waals surface area (Å²) in [4.78, 5) is 0. The van der Waals surface area contributed by atoms with Gasteiger partial charge in [0.05, 0.1) is 13.2 Å². The molecule has 82 valence electrons. The van der Waals surface area contributed by atoms with E-state index in [1.54, 1.807) is 21.6 Å². The van der Waals surface area contributed by atoms with Crippen LogP contribution in [-0.2, 0) is 4.74 Å². The van der Waals surface area contributed by atoms with Crippen molar-refractivity contribution in [1.29, 1.82) is 0 Å². The molecule has 0 radical (unpaired) electrons. The summed E-state index contributed by atoms with van der Waals surface area (Å²) >= 11 is 0. The average Bonchev–Trinajstić information content (AvgIpc) is 2.28. The predicted octanol–water partition coefficient (Wildman–Crippen LogP) is 2.35. The highest BCUT2D eigenvalue weighted by Gasteiger charge is 1.92. The molecule has 0 aliphatic carbocycles. The van der Waals surface area contributed by atoms with Crippen molar-refractivity contribution < 1.29 is 4.74 Å². The molecule has 14 heavy (non-hydrogen) atoms. The molecular formula is C10H19NOS2. The van der Waals surface area contributed by atoms with E-state index >= 15 is 0 Å². The van der Waals surface area contributed by atoms with Crippen LogP contribution < -0.4 is 5.32 Å². The van der Waals surface area contributed by atoms with Gasteiger partial charge < -0.3 is 10.1 Å². The second-order valence-corrected chi connectivity index (χ2v) is 5.06. The van der Waals surface area contributed by atoms with Gasteiger partial charge in [0.15, 0.2) is 0 Å². The molecule has 0 aromatic rings. The Hall–Kier alpha value is 0.1000. The van der Waals surface area contributed by atoms with Crippen LogP contribution >= 0.6 is 21.6 Å². The zero-order chi connectivity index (χ0) is 10.5. The fourth-order valence-electron chi connectivity index (χ4n) is 0.708. The molecule has 0 saturated carbocycles. The van der Waals surface area contributed by atoms with Crippen molar-refractivity contribution in [3.05, 3.63) is 25.3 Å². The molecule has 0 bridgehead atoms. The minimum atomic E-state index is 0.889. The van der Waals surface area contributed by atoms with E-state index in [0.29, 0.717) is 0 Å². The van der Waals surface area contributed by atoms with Crippen molar-refractivity contribution in [3.8, 4) is 0 Å². The molecule has 0 aromatic carbocycles. The van der Waals surface area contributed by atoms with E-state index in [4.69, 9.17) is 4.74 Å². The number of hydrogen-bond donors (Lipinski definition) is 1. The van der Waals surface area contributed by atoms with Crippen LogP contribution in [0.1, 0.15) is 0 Å². The van der Waals surface area contributed by atoms with E-state index in [1.807, 2.05) is 12.2 Å². The van der Waals surface area contributed by atoms with Crippen LogP contribution in [0.2, 0.25) is 0 Å². The highest BCUT2D eigenvalue weighted by molar-refractivity contribution is 8.76. The third-order valence-corrected chi connectivity index (χ3v) is 3.53. The standard InChI is InChI=1S/C6H10S2.C4H9NO/c1-3-5-7-8-6-4-2;1-3-6-4-2-5-1/h3-4H,1-2,5-6H2;5H,1-4H2. The van der Waals surface area contributed by atoms with Crippen LogP contribution in [0.3, 0.4) is 0 Å². The third kappa shape index (κ3) is 12.1. The van der Waals surface area contributed by atoms with Crippen LogP contribution in [0, 0.1) is 0 Å². The summed E-state index contributed by atoms with van der Waals surface area (Å²) < 4.78 is 5.01. The minimum absolute atomic E-state index is 0.889. The Labute approximate surface area is 95.0 Å². The predicted molar refractivity (Wildman–Crippen MR) is 69.0 cm³/mol. The molecule has 1 aliphatic heterocycles. The van der Waals surface area contributed by atoms with E-state index in [9.17, 15) is 0 Å². The summed E-state index contributed by atoms with van der Waals surface area (Å²) in [6.07, 6.45) is 3.81. The van der Waals surface area contributed by atoms with E-state index in [0.717, 1.165) is 37.8 Å². The maximum atomic E-state index is 5.01. The molecule has 1 rings (SSSR count). The van der Waals surface area contributed by atoms with Crippen LogP contribution in [0.15, 0.2) is 25.3 Å². The molecule has 1 saturated heterocycles. The quantitative estimate of drug-likeness (QED) is 0.447. The first-order valence-corrected chi connectivity index (χ1v) is 7.15. The van der Waals surface area contributed by atoms with Gasteiger partial charge >= 0.3 is 0 Å². The number of morpholine rings is 1. The SMILES string of the molecule is C1COCCN1.C=CCSSCC=C. The molecule has 1 aliphatic rings. The van der Waals surface area contributed by atoms with Crippen LogP contribution in [0.4, 0.5) is 0 Å². The van der Waals surface area contributed by atoms with Crippen LogP contribution in [-0.4, -0.2) is 37.8 Å². The van der Waals surface area contributed by atoms with Gasteiger partial charge in [-0.1, -0.05) is 33.7 Å². The lowest BCUT2D eigenvalue weighted by Crippen LogP contribution is -2.30. The molecule has 0 aromatic heterocycles. The van der Waals surface area contributed by atoms with Gasteiger partial charge in [-0.05, 0) is 0 Å². The normalized spacial score (nSPS) is 15.1. The molecule has 1 fully saturated rings. The topological polar surface area (TPSA) is 21.3 Å². The summed E-state index contributed by atoms with van der Waals surface area (Å²) in [6.45, 7) is 11.0. The van der Waals surface area contributed by atoms with Gasteiger partial charge in [0.2, 0.25) is 0 Å². The van der Waals surface area contributed by atoms with Crippen molar-refractivity contribution >= 4 is 21.6 Å². The Morgan fingerprint density at radius 2 is 1.57 bits per heavy atom. The molecule has 1 N–H and O–H groups in total. The number of nitrogens with one attached hydrogen (secondary N) is 1. The van der Waals surface area contributed by atoms with Crippen LogP contribution in [0.25, 0.3) is 0 Å². The Morgan fingerprint density at radius 3 is 1.79 bits per heavy atom. The first kappa shape index (κ1) is 14.1. The molecule has 2 nitrogen and oxygen atoms in total. The number of rotatable bonds is 5. The van der Waals surface area contributed by atoms with Gasteiger partial charge in [-0.25, -0.2) is 0 Å². The first-order valence-electron chi connectivity index (χ1n) is 4.66. The second kappa shape index (κ2) is 13.1. The molecular weight excluding hydrogens is 214 g/mol. The van der Waals surface area contributed by atoms with E-state index < -0.39 is 0 Å². The van der Waals surface area contributed by atoms with Crippen molar-refractivity contribution in [2.75, 3.05) is 37.8 Å². The van der Waals surface area contributed by atoms with Crippen LogP contribution in [0.5, 0.6) is 0 Å². The lowest BCUT2D eigenvalue weighted by molar-refractivity contribution is 0.109. The smallest absolute Gasteiger partial charge is 0.0591 e. The lowest BCUT2D eigenvalue weighted by atomic mass is 10.5. The van der Waals surface area contributed by atoms with Crippen molar-refractivity contribution in [2.45, 2.75) is 0 Å². The van der Waals surface area contributed by atoms with Gasteiger partial charge in [0, 0.05) is 24.6 Å². The largest absolute Gasteiger partial charge is 0.379 e. The Morgan fingerprint density at radius 1 is 1.07 bits per heavy atom. The fraction of sp³-hybridized carbons (Fsp3) is 0.600. The Balaban J connectivity index is 0.000000249. The van der Waals surface area contributed by atoms with Crippen molar-refractivity contribution in [2.24, 2.45) is 0 Å². The third-order valence-electron chi connectivity index (χ3n) is 1.30. The van der Waals surface area contributed by atoms with Gasteiger partial charge in [-0.3, -0.25) is 0 Å². The summed E-state index contributed by atoms with van der Waals surface area (Å²) in [5, 5.41) is 3.16. The summed E-state index contributed by atoms with van der Waals surface area (Å²) in [5.74, 6) is 2.05. The number of hydrogen-bond acceptors (Lipinski definition) is 4. The highest BCUT2D eigenvalue weighted by atomic mass is 33.1. The highest BCUT2D eigenvalue weighted by Crippen LogP contribution is 2.20. The lowest BCUT2D eigenvalue weighted by Gasteiger charge is -2.10. The van der Waals surface area contributed by atoms with E-state index in [1.165, 1.54) is 0 Å². The van der Waals surface area contributed by atoms with E-state index in [2.05, 4.69) is 18.5 Å². The Bertz CT molecular complexity index is 117. The zero-order valence-electron chi connectivity index (χ0n) is 8.54. The van der Waals surface area contributed by atoms with Crippen molar-refractivity contribution in [3.63, 3.8) is 0 Å². The van der Waals surface area contributed by atoms with Crippen molar-refractivity contribution in [1.82, 2.24) is 5.32 Å². The summed E-state index contributed by atoms with van der Waals surface area (Å²) in [7, 11) is 3.61. The molecule has 0 atom stereocenters. The number of ether oxygens (including phenoxy) is 1.